The lowest BCUT2D eigenvalue weighted by atomic mass is 10.1. The number of nitrogens with zero attached hydrogens (tertiary/aromatic N) is 1. The summed E-state index contributed by atoms with van der Waals surface area (Å²) in [5, 5.41) is 8.85. The number of nitrogens with one attached hydrogen (secondary N) is 1. The minimum absolute atomic E-state index is 0.619. The van der Waals surface area contributed by atoms with Crippen LogP contribution in [0.5, 0.6) is 0 Å². The van der Waals surface area contributed by atoms with Crippen molar-refractivity contribution < 1.29 is 0 Å². The van der Waals surface area contributed by atoms with Crippen LogP contribution in [-0.2, 0) is 0 Å². The van der Waals surface area contributed by atoms with Gasteiger partial charge in [0.05, 0.1) is 10.6 Å². The molecular weight excluding hydrogens is 304 g/mol. The monoisotopic (exact) mass is 314 g/mol. The number of hydrogen-bond acceptors (Lipinski definition) is 4. The third kappa shape index (κ3) is 2.09. The van der Waals surface area contributed by atoms with Crippen LogP contribution >= 0.6 is 38.6 Å². The Bertz CT molecular complexity index is 486. The highest BCUT2D eigenvalue weighted by Crippen LogP contribution is 2.34. The van der Waals surface area contributed by atoms with Crippen molar-refractivity contribution in [1.29, 1.82) is 0 Å². The summed E-state index contributed by atoms with van der Waals surface area (Å²) in [4.78, 5) is 6.00. The van der Waals surface area contributed by atoms with Crippen molar-refractivity contribution in [2.75, 3.05) is 13.1 Å². The van der Waals surface area contributed by atoms with Gasteiger partial charge < -0.3 is 5.32 Å². The van der Waals surface area contributed by atoms with Crippen molar-refractivity contribution in [2.24, 2.45) is 0 Å². The summed E-state index contributed by atoms with van der Waals surface area (Å²) in [6, 6.07) is 2.14. The highest BCUT2D eigenvalue weighted by atomic mass is 79.9. The maximum absolute atomic E-state index is 4.74. The van der Waals surface area contributed by atoms with Crippen molar-refractivity contribution in [3.05, 3.63) is 27.0 Å². The van der Waals surface area contributed by atoms with E-state index in [1.54, 1.807) is 22.7 Å². The van der Waals surface area contributed by atoms with Crippen LogP contribution in [0.25, 0.3) is 9.88 Å². The van der Waals surface area contributed by atoms with E-state index in [0.717, 1.165) is 22.6 Å². The standard InChI is InChI=1S/C11H11BrN2S2/c12-8-3-10(15-5-8)11-14-9(6-16-11)7-1-2-13-4-7/h3,5-7,13H,1-2,4H2. The summed E-state index contributed by atoms with van der Waals surface area (Å²) >= 11 is 6.98. The summed E-state index contributed by atoms with van der Waals surface area (Å²) in [6.45, 7) is 2.21. The average Bonchev–Trinajstić information content (AvgIpc) is 2.97. The molecule has 84 valence electrons. The van der Waals surface area contributed by atoms with Gasteiger partial charge in [-0.15, -0.1) is 22.7 Å². The van der Waals surface area contributed by atoms with Crippen molar-refractivity contribution in [3.63, 3.8) is 0 Å². The zero-order valence-electron chi connectivity index (χ0n) is 8.57. The molecule has 1 aliphatic heterocycles. The first-order valence-electron chi connectivity index (χ1n) is 5.23. The van der Waals surface area contributed by atoms with Crippen LogP contribution in [0.1, 0.15) is 18.0 Å². The first kappa shape index (κ1) is 10.9. The highest BCUT2D eigenvalue weighted by Gasteiger charge is 2.19. The fourth-order valence-electron chi connectivity index (χ4n) is 1.92. The molecule has 2 nitrogen and oxygen atoms in total. The van der Waals surface area contributed by atoms with Gasteiger partial charge in [0.1, 0.15) is 5.01 Å². The molecule has 1 fully saturated rings. The van der Waals surface area contributed by atoms with Gasteiger partial charge in [-0.2, -0.15) is 0 Å². The molecular formula is C11H11BrN2S2. The number of hydrogen-bond donors (Lipinski definition) is 1. The highest BCUT2D eigenvalue weighted by molar-refractivity contribution is 9.10. The van der Waals surface area contributed by atoms with Gasteiger partial charge in [0.15, 0.2) is 0 Å². The summed E-state index contributed by atoms with van der Waals surface area (Å²) in [6.07, 6.45) is 1.22. The Kier molecular flexibility index (Phi) is 3.11. The molecule has 0 aliphatic carbocycles. The topological polar surface area (TPSA) is 24.9 Å². The number of rotatable bonds is 2. The van der Waals surface area contributed by atoms with Gasteiger partial charge in [-0.05, 0) is 35.0 Å². The first-order valence-corrected chi connectivity index (χ1v) is 7.79. The summed E-state index contributed by atoms with van der Waals surface area (Å²) in [5.74, 6) is 0.619. The molecule has 1 atom stereocenters. The van der Waals surface area contributed by atoms with Gasteiger partial charge in [0, 0.05) is 27.7 Å². The van der Waals surface area contributed by atoms with E-state index in [1.807, 2.05) is 0 Å². The van der Waals surface area contributed by atoms with E-state index in [-0.39, 0.29) is 0 Å². The lowest BCUT2D eigenvalue weighted by Crippen LogP contribution is -2.08. The zero-order chi connectivity index (χ0) is 11.0. The lowest BCUT2D eigenvalue weighted by Gasteiger charge is -2.01. The molecule has 0 radical (unpaired) electrons. The van der Waals surface area contributed by atoms with Crippen LogP contribution < -0.4 is 5.32 Å². The zero-order valence-corrected chi connectivity index (χ0v) is 11.8. The molecule has 0 saturated carbocycles. The van der Waals surface area contributed by atoms with Gasteiger partial charge >= 0.3 is 0 Å². The normalized spacial score (nSPS) is 20.4. The lowest BCUT2D eigenvalue weighted by molar-refractivity contribution is 0.742. The minimum Gasteiger partial charge on any atom is -0.316 e. The molecule has 0 spiro atoms. The second kappa shape index (κ2) is 4.56. The number of aromatic nitrogens is 1. The maximum atomic E-state index is 4.74. The molecule has 1 N–H and O–H groups in total. The fraction of sp³-hybridized carbons (Fsp3) is 0.364. The third-order valence-corrected chi connectivity index (χ3v) is 5.50. The summed E-state index contributed by atoms with van der Waals surface area (Å²) < 4.78 is 1.15. The van der Waals surface area contributed by atoms with Gasteiger partial charge in [-0.25, -0.2) is 4.98 Å². The maximum Gasteiger partial charge on any atom is 0.133 e. The molecule has 2 aromatic rings. The van der Waals surface area contributed by atoms with Gasteiger partial charge in [-0.1, -0.05) is 0 Å². The van der Waals surface area contributed by atoms with E-state index in [9.17, 15) is 0 Å². The molecule has 0 amide bonds. The molecule has 5 heteroatoms. The molecule has 3 heterocycles. The van der Waals surface area contributed by atoms with Gasteiger partial charge in [-0.3, -0.25) is 0 Å². The van der Waals surface area contributed by atoms with Crippen LogP contribution in [0.4, 0.5) is 0 Å². The van der Waals surface area contributed by atoms with Gasteiger partial charge in [0.25, 0.3) is 0 Å². The molecule has 1 unspecified atom stereocenters. The largest absolute Gasteiger partial charge is 0.316 e. The number of halogens is 1. The Morgan fingerprint density at radius 3 is 3.00 bits per heavy atom. The molecule has 1 aliphatic rings. The van der Waals surface area contributed by atoms with E-state index >= 15 is 0 Å². The predicted molar refractivity (Wildman–Crippen MR) is 73.4 cm³/mol. The Morgan fingerprint density at radius 2 is 2.31 bits per heavy atom. The van der Waals surface area contributed by atoms with Gasteiger partial charge in [0.2, 0.25) is 0 Å². The van der Waals surface area contributed by atoms with Crippen LogP contribution in [0.15, 0.2) is 21.3 Å². The minimum atomic E-state index is 0.619. The molecule has 3 rings (SSSR count). The Hall–Kier alpha value is -0.230. The van der Waals surface area contributed by atoms with Crippen LogP contribution in [0.2, 0.25) is 0 Å². The molecule has 0 bridgehead atoms. The Labute approximate surface area is 111 Å². The third-order valence-electron chi connectivity index (χ3n) is 2.78. The molecule has 2 aromatic heterocycles. The van der Waals surface area contributed by atoms with Crippen molar-refractivity contribution in [1.82, 2.24) is 10.3 Å². The van der Waals surface area contributed by atoms with Crippen molar-refractivity contribution >= 4 is 38.6 Å². The van der Waals surface area contributed by atoms with E-state index < -0.39 is 0 Å². The van der Waals surface area contributed by atoms with Crippen LogP contribution in [0, 0.1) is 0 Å². The average molecular weight is 315 g/mol. The van der Waals surface area contributed by atoms with Crippen molar-refractivity contribution in [2.45, 2.75) is 12.3 Å². The van der Waals surface area contributed by atoms with E-state index in [2.05, 4.69) is 38.1 Å². The summed E-state index contributed by atoms with van der Waals surface area (Å²) in [5.41, 5.74) is 1.26. The molecule has 0 aromatic carbocycles. The van der Waals surface area contributed by atoms with E-state index in [4.69, 9.17) is 4.98 Å². The fourth-order valence-corrected chi connectivity index (χ4v) is 4.33. The second-order valence-electron chi connectivity index (χ2n) is 3.90. The second-order valence-corrected chi connectivity index (χ2v) is 6.58. The van der Waals surface area contributed by atoms with Crippen molar-refractivity contribution in [3.8, 4) is 9.88 Å². The van der Waals surface area contributed by atoms with E-state index in [0.29, 0.717) is 5.92 Å². The van der Waals surface area contributed by atoms with E-state index in [1.165, 1.54) is 17.0 Å². The molecule has 16 heavy (non-hydrogen) atoms. The quantitative estimate of drug-likeness (QED) is 0.914. The number of thiophene rings is 1. The number of thiazole rings is 1. The molecule has 1 saturated heterocycles. The SMILES string of the molecule is Brc1csc(-c2nc(C3CCNC3)cs2)c1. The predicted octanol–water partition coefficient (Wildman–Crippen LogP) is 3.71. The van der Waals surface area contributed by atoms with Crippen LogP contribution in [-0.4, -0.2) is 18.1 Å². The van der Waals surface area contributed by atoms with Crippen LogP contribution in [0.3, 0.4) is 0 Å². The Morgan fingerprint density at radius 1 is 1.38 bits per heavy atom. The smallest absolute Gasteiger partial charge is 0.133 e. The first-order chi connectivity index (χ1) is 7.83. The summed E-state index contributed by atoms with van der Waals surface area (Å²) in [7, 11) is 0. The Balaban J connectivity index is 1.87.